The van der Waals surface area contributed by atoms with E-state index in [9.17, 15) is 9.18 Å². The first kappa shape index (κ1) is 20.4. The van der Waals surface area contributed by atoms with E-state index in [1.165, 1.54) is 12.1 Å². The number of hydrogen-bond donors (Lipinski definition) is 1. The van der Waals surface area contributed by atoms with Gasteiger partial charge in [0.15, 0.2) is 0 Å². The van der Waals surface area contributed by atoms with Crippen molar-refractivity contribution in [2.45, 2.75) is 45.6 Å². The van der Waals surface area contributed by atoms with E-state index < -0.39 is 0 Å². The number of aromatic nitrogens is 2. The van der Waals surface area contributed by atoms with Gasteiger partial charge in [-0.25, -0.2) is 9.37 Å². The molecule has 0 bridgehead atoms. The zero-order valence-electron chi connectivity index (χ0n) is 17.6. The largest absolute Gasteiger partial charge is 0.380 e. The van der Waals surface area contributed by atoms with Crippen LogP contribution in [0.2, 0.25) is 0 Å². The molecule has 1 saturated heterocycles. The fourth-order valence-corrected chi connectivity index (χ4v) is 4.53. The third-order valence-corrected chi connectivity index (χ3v) is 6.09. The number of fused-ring (bicyclic) bond motifs is 1. The Labute approximate surface area is 176 Å². The van der Waals surface area contributed by atoms with Gasteiger partial charge in [-0.05, 0) is 56.0 Å². The number of carbonyl (C=O) groups is 1. The zero-order valence-corrected chi connectivity index (χ0v) is 17.6. The van der Waals surface area contributed by atoms with Gasteiger partial charge < -0.3 is 14.6 Å². The molecule has 0 saturated carbocycles. The monoisotopic (exact) mass is 408 g/mol. The van der Waals surface area contributed by atoms with Crippen molar-refractivity contribution in [1.82, 2.24) is 14.3 Å². The second kappa shape index (κ2) is 8.86. The number of piperidine rings is 1. The summed E-state index contributed by atoms with van der Waals surface area (Å²) >= 11 is 0. The molecule has 5 nitrogen and oxygen atoms in total. The summed E-state index contributed by atoms with van der Waals surface area (Å²) in [7, 11) is 0. The lowest BCUT2D eigenvalue weighted by molar-refractivity contribution is -0.132. The van der Waals surface area contributed by atoms with Crippen molar-refractivity contribution in [1.29, 1.82) is 0 Å². The Hall–Kier alpha value is -2.89. The number of nitrogens with zero attached hydrogens (tertiary/aromatic N) is 3. The van der Waals surface area contributed by atoms with E-state index in [2.05, 4.69) is 17.2 Å². The quantitative estimate of drug-likeness (QED) is 0.655. The maximum atomic E-state index is 13.6. The summed E-state index contributed by atoms with van der Waals surface area (Å²) in [6, 6.07) is 12.5. The van der Waals surface area contributed by atoms with Crippen LogP contribution in [0.4, 0.5) is 10.1 Å². The minimum absolute atomic E-state index is 0.116. The van der Waals surface area contributed by atoms with Crippen molar-refractivity contribution in [2.24, 2.45) is 5.92 Å². The highest BCUT2D eigenvalue weighted by molar-refractivity contribution is 5.79. The molecule has 0 unspecified atom stereocenters. The molecule has 1 N–H and O–H groups in total. The maximum Gasteiger partial charge on any atom is 0.228 e. The Kier molecular flexibility index (Phi) is 6.02. The van der Waals surface area contributed by atoms with Crippen molar-refractivity contribution in [3.8, 4) is 0 Å². The summed E-state index contributed by atoms with van der Waals surface area (Å²) in [5.41, 5.74) is 3.48. The summed E-state index contributed by atoms with van der Waals surface area (Å²) in [5, 5.41) is 3.49. The van der Waals surface area contributed by atoms with Crippen LogP contribution in [0.5, 0.6) is 0 Å². The molecule has 3 heterocycles. The summed E-state index contributed by atoms with van der Waals surface area (Å²) in [6.07, 6.45) is 5.45. The minimum Gasteiger partial charge on any atom is -0.380 e. The third-order valence-electron chi connectivity index (χ3n) is 6.09. The number of rotatable bonds is 6. The average molecular weight is 409 g/mol. The molecule has 1 amide bonds. The number of likely N-dealkylation sites (tertiary alicyclic amines) is 1. The number of carbonyl (C=O) groups excluding carboxylic acids is 1. The van der Waals surface area contributed by atoms with E-state index in [4.69, 9.17) is 0 Å². The Morgan fingerprint density at radius 3 is 2.93 bits per heavy atom. The molecule has 1 fully saturated rings. The van der Waals surface area contributed by atoms with Gasteiger partial charge in [-0.2, -0.15) is 0 Å². The minimum atomic E-state index is -0.251. The van der Waals surface area contributed by atoms with Gasteiger partial charge in [0.25, 0.3) is 0 Å². The lowest BCUT2D eigenvalue weighted by atomic mass is 9.87. The highest BCUT2D eigenvalue weighted by Gasteiger charge is 2.31. The summed E-state index contributed by atoms with van der Waals surface area (Å²) in [5.74, 6) is 0.337. The highest BCUT2D eigenvalue weighted by atomic mass is 19.1. The van der Waals surface area contributed by atoms with E-state index in [0.29, 0.717) is 18.9 Å². The van der Waals surface area contributed by atoms with Gasteiger partial charge >= 0.3 is 0 Å². The van der Waals surface area contributed by atoms with Gasteiger partial charge in [0.2, 0.25) is 5.91 Å². The molecule has 2 atom stereocenters. The van der Waals surface area contributed by atoms with Crippen LogP contribution in [0.1, 0.15) is 37.6 Å². The van der Waals surface area contributed by atoms with Crippen molar-refractivity contribution in [3.05, 3.63) is 65.9 Å². The number of hydrogen-bond acceptors (Lipinski definition) is 3. The number of halogens is 1. The van der Waals surface area contributed by atoms with E-state index >= 15 is 0 Å². The standard InChI is InChI=1S/C24H29FN4O/c1-3-7-18-11-13-28(16-21(18)27-20-9-6-8-19(25)14-20)24(30)15-22-17(2)26-23-10-4-5-12-29(22)23/h4-6,8-10,12,14,18,21,27H,3,7,11,13,15-16H2,1-2H3/t18-,21+/m0/s1. The molecule has 0 aliphatic carbocycles. The maximum absolute atomic E-state index is 13.6. The third kappa shape index (κ3) is 4.32. The van der Waals surface area contributed by atoms with Crippen LogP contribution in [0.3, 0.4) is 0 Å². The number of nitrogens with one attached hydrogen (secondary N) is 1. The van der Waals surface area contributed by atoms with Gasteiger partial charge in [-0.15, -0.1) is 0 Å². The normalized spacial score (nSPS) is 19.2. The number of imidazole rings is 1. The summed E-state index contributed by atoms with van der Waals surface area (Å²) < 4.78 is 15.6. The lowest BCUT2D eigenvalue weighted by Gasteiger charge is -2.39. The van der Waals surface area contributed by atoms with Gasteiger partial charge in [0.05, 0.1) is 17.8 Å². The van der Waals surface area contributed by atoms with Crippen LogP contribution in [0.25, 0.3) is 5.65 Å². The molecule has 30 heavy (non-hydrogen) atoms. The number of anilines is 1. The lowest BCUT2D eigenvalue weighted by Crippen LogP contribution is -2.50. The Morgan fingerprint density at radius 2 is 2.13 bits per heavy atom. The molecule has 0 radical (unpaired) electrons. The van der Waals surface area contributed by atoms with E-state index in [-0.39, 0.29) is 17.8 Å². The molecular formula is C24H29FN4O. The molecular weight excluding hydrogens is 379 g/mol. The predicted molar refractivity (Wildman–Crippen MR) is 117 cm³/mol. The Bertz CT molecular complexity index is 1030. The van der Waals surface area contributed by atoms with Crippen LogP contribution in [-0.4, -0.2) is 39.3 Å². The summed E-state index contributed by atoms with van der Waals surface area (Å²) in [4.78, 5) is 19.7. The molecule has 1 aliphatic rings. The van der Waals surface area contributed by atoms with Crippen molar-refractivity contribution < 1.29 is 9.18 Å². The molecule has 158 valence electrons. The van der Waals surface area contributed by atoms with Crippen LogP contribution >= 0.6 is 0 Å². The van der Waals surface area contributed by atoms with Crippen LogP contribution in [-0.2, 0) is 11.2 Å². The SMILES string of the molecule is CCC[C@H]1CCN(C(=O)Cc2c(C)nc3ccccn23)C[C@H]1Nc1cccc(F)c1. The fraction of sp³-hybridized carbons (Fsp3) is 0.417. The second-order valence-corrected chi connectivity index (χ2v) is 8.19. The molecule has 1 aromatic carbocycles. The molecule has 6 heteroatoms. The van der Waals surface area contributed by atoms with Gasteiger partial charge in [0.1, 0.15) is 11.5 Å². The van der Waals surface area contributed by atoms with Gasteiger partial charge in [-0.1, -0.05) is 25.5 Å². The van der Waals surface area contributed by atoms with Crippen LogP contribution in [0, 0.1) is 18.7 Å². The number of benzene rings is 1. The molecule has 2 aromatic heterocycles. The molecule has 0 spiro atoms. The average Bonchev–Trinajstić information content (AvgIpc) is 3.04. The number of pyridine rings is 1. The first-order valence-corrected chi connectivity index (χ1v) is 10.8. The van der Waals surface area contributed by atoms with Crippen LogP contribution in [0.15, 0.2) is 48.7 Å². The predicted octanol–water partition coefficient (Wildman–Crippen LogP) is 4.45. The highest BCUT2D eigenvalue weighted by Crippen LogP contribution is 2.26. The number of aryl methyl sites for hydroxylation is 1. The van der Waals surface area contributed by atoms with Gasteiger partial charge in [-0.3, -0.25) is 4.79 Å². The Morgan fingerprint density at radius 1 is 1.27 bits per heavy atom. The Balaban J connectivity index is 1.49. The number of amides is 1. The van der Waals surface area contributed by atoms with Crippen molar-refractivity contribution in [3.63, 3.8) is 0 Å². The first-order valence-electron chi connectivity index (χ1n) is 10.8. The topological polar surface area (TPSA) is 49.6 Å². The smallest absolute Gasteiger partial charge is 0.228 e. The molecule has 3 aromatic rings. The first-order chi connectivity index (χ1) is 14.5. The zero-order chi connectivity index (χ0) is 21.1. The van der Waals surface area contributed by atoms with E-state index in [1.807, 2.05) is 46.7 Å². The van der Waals surface area contributed by atoms with E-state index in [1.54, 1.807) is 6.07 Å². The van der Waals surface area contributed by atoms with E-state index in [0.717, 1.165) is 48.5 Å². The second-order valence-electron chi connectivity index (χ2n) is 8.19. The van der Waals surface area contributed by atoms with Crippen molar-refractivity contribution >= 4 is 17.2 Å². The molecule has 1 aliphatic heterocycles. The summed E-state index contributed by atoms with van der Waals surface area (Å²) in [6.45, 7) is 5.54. The molecule has 4 rings (SSSR count). The van der Waals surface area contributed by atoms with Gasteiger partial charge in [0, 0.05) is 31.0 Å². The fourth-order valence-electron chi connectivity index (χ4n) is 4.53. The van der Waals surface area contributed by atoms with Crippen molar-refractivity contribution in [2.75, 3.05) is 18.4 Å². The van der Waals surface area contributed by atoms with Crippen LogP contribution < -0.4 is 5.32 Å².